The summed E-state index contributed by atoms with van der Waals surface area (Å²) in [6.45, 7) is 2.26. The Bertz CT molecular complexity index is 1020. The molecule has 3 N–H and O–H groups in total. The van der Waals surface area contributed by atoms with Crippen LogP contribution >= 0.6 is 0 Å². The highest BCUT2D eigenvalue weighted by molar-refractivity contribution is 5.82. The fourth-order valence-corrected chi connectivity index (χ4v) is 5.43. The summed E-state index contributed by atoms with van der Waals surface area (Å²) in [7, 11) is 0. The highest BCUT2D eigenvalue weighted by Gasteiger charge is 2.36. The summed E-state index contributed by atoms with van der Waals surface area (Å²) in [5.41, 5.74) is 4.64. The Kier molecular flexibility index (Phi) is 8.06. The van der Waals surface area contributed by atoms with Gasteiger partial charge in [0.25, 0.3) is 0 Å². The Morgan fingerprint density at radius 3 is 2.31 bits per heavy atom. The van der Waals surface area contributed by atoms with E-state index in [9.17, 15) is 19.5 Å². The number of benzene rings is 2. The van der Waals surface area contributed by atoms with Crippen LogP contribution in [0.4, 0.5) is 4.79 Å². The Morgan fingerprint density at radius 2 is 1.69 bits per heavy atom. The van der Waals surface area contributed by atoms with Gasteiger partial charge < -0.3 is 20.5 Å². The van der Waals surface area contributed by atoms with E-state index in [0.717, 1.165) is 30.4 Å². The molecular weight excluding hydrogens is 444 g/mol. The van der Waals surface area contributed by atoms with Crippen LogP contribution in [0.5, 0.6) is 0 Å². The first-order valence-electron chi connectivity index (χ1n) is 12.6. The molecular formula is C28H34N2O5. The molecule has 2 aliphatic rings. The molecule has 0 aliphatic heterocycles. The van der Waals surface area contributed by atoms with Crippen molar-refractivity contribution in [2.75, 3.05) is 6.61 Å². The topological polar surface area (TPSA) is 105 Å². The molecule has 1 fully saturated rings. The molecule has 0 radical (unpaired) electrons. The summed E-state index contributed by atoms with van der Waals surface area (Å²) in [4.78, 5) is 36.8. The van der Waals surface area contributed by atoms with Crippen molar-refractivity contribution in [2.45, 2.75) is 69.9 Å². The van der Waals surface area contributed by atoms with Crippen molar-refractivity contribution in [3.63, 3.8) is 0 Å². The number of hydrogen-bond donors (Lipinski definition) is 3. The Hall–Kier alpha value is -3.35. The molecule has 186 valence electrons. The average molecular weight is 479 g/mol. The lowest BCUT2D eigenvalue weighted by Gasteiger charge is -2.24. The highest BCUT2D eigenvalue weighted by Crippen LogP contribution is 2.44. The van der Waals surface area contributed by atoms with Gasteiger partial charge in [0.1, 0.15) is 6.61 Å². The largest absolute Gasteiger partial charge is 0.481 e. The lowest BCUT2D eigenvalue weighted by Crippen LogP contribution is -2.47. The Labute approximate surface area is 206 Å². The number of hydrogen-bond acceptors (Lipinski definition) is 4. The number of carboxylic acids is 1. The number of ether oxygens (including phenoxy) is 1. The van der Waals surface area contributed by atoms with E-state index >= 15 is 0 Å². The number of carbonyl (C=O) groups is 3. The van der Waals surface area contributed by atoms with Crippen molar-refractivity contribution < 1.29 is 24.2 Å². The standard InChI is InChI=1S/C28H34N2O5/c1-2-3-9-18(16-26(31)32)29-27(33)23-14-8-15-25(23)30-28(34)35-17-24-21-12-6-4-10-19(21)20-11-5-7-13-22(20)24/h4-7,10-13,18,23-25H,2-3,8-9,14-17H2,1H3,(H,29,33)(H,30,34)(H,31,32)/t18-,23-,25+/m1/s1. The zero-order chi connectivity index (χ0) is 24.8. The van der Waals surface area contributed by atoms with Crippen LogP contribution in [-0.4, -0.2) is 41.8 Å². The third kappa shape index (κ3) is 5.84. The minimum atomic E-state index is -0.925. The van der Waals surface area contributed by atoms with Crippen LogP contribution in [-0.2, 0) is 14.3 Å². The number of fused-ring (bicyclic) bond motifs is 3. The van der Waals surface area contributed by atoms with E-state index in [1.165, 1.54) is 11.1 Å². The zero-order valence-corrected chi connectivity index (χ0v) is 20.2. The average Bonchev–Trinajstić information content (AvgIpc) is 3.43. The van der Waals surface area contributed by atoms with Gasteiger partial charge in [-0.1, -0.05) is 74.7 Å². The van der Waals surface area contributed by atoms with Crippen molar-refractivity contribution >= 4 is 18.0 Å². The number of aliphatic carboxylic acids is 1. The molecule has 35 heavy (non-hydrogen) atoms. The Morgan fingerprint density at radius 1 is 1.03 bits per heavy atom. The first kappa shape index (κ1) is 24.8. The van der Waals surface area contributed by atoms with Gasteiger partial charge >= 0.3 is 12.1 Å². The number of carbonyl (C=O) groups excluding carboxylic acids is 2. The molecule has 1 saturated carbocycles. The molecule has 3 atom stereocenters. The van der Waals surface area contributed by atoms with Crippen LogP contribution in [0, 0.1) is 5.92 Å². The number of carboxylic acid groups (broad SMARTS) is 1. The number of alkyl carbamates (subject to hydrolysis) is 1. The fraction of sp³-hybridized carbons (Fsp3) is 0.464. The zero-order valence-electron chi connectivity index (χ0n) is 20.2. The molecule has 7 heteroatoms. The van der Waals surface area contributed by atoms with Crippen molar-refractivity contribution in [1.29, 1.82) is 0 Å². The minimum Gasteiger partial charge on any atom is -0.481 e. The summed E-state index contributed by atoms with van der Waals surface area (Å²) in [6, 6.07) is 15.6. The van der Waals surface area contributed by atoms with Crippen LogP contribution in [0.15, 0.2) is 48.5 Å². The maximum Gasteiger partial charge on any atom is 0.407 e. The minimum absolute atomic E-state index is 0.0221. The highest BCUT2D eigenvalue weighted by atomic mass is 16.5. The summed E-state index contributed by atoms with van der Waals surface area (Å²) in [6.07, 6.45) is 3.98. The molecule has 0 saturated heterocycles. The Balaban J connectivity index is 1.34. The van der Waals surface area contributed by atoms with Gasteiger partial charge in [0.05, 0.1) is 12.3 Å². The van der Waals surface area contributed by atoms with Gasteiger partial charge in [-0.05, 0) is 41.5 Å². The third-order valence-electron chi connectivity index (χ3n) is 7.17. The summed E-state index contributed by atoms with van der Waals surface area (Å²) >= 11 is 0. The second kappa shape index (κ2) is 11.4. The summed E-state index contributed by atoms with van der Waals surface area (Å²) in [5, 5.41) is 15.0. The van der Waals surface area contributed by atoms with E-state index in [1.807, 2.05) is 31.2 Å². The smallest absolute Gasteiger partial charge is 0.407 e. The summed E-state index contributed by atoms with van der Waals surface area (Å²) < 4.78 is 5.66. The van der Waals surface area contributed by atoms with Gasteiger partial charge in [-0.15, -0.1) is 0 Å². The van der Waals surface area contributed by atoms with Gasteiger partial charge in [0, 0.05) is 18.0 Å². The lowest BCUT2D eigenvalue weighted by molar-refractivity contribution is -0.138. The van der Waals surface area contributed by atoms with E-state index in [1.54, 1.807) is 0 Å². The normalized spacial score (nSPS) is 19.5. The van der Waals surface area contributed by atoms with Crippen LogP contribution < -0.4 is 10.6 Å². The molecule has 0 spiro atoms. The molecule has 4 rings (SSSR count). The molecule has 0 heterocycles. The maximum absolute atomic E-state index is 12.9. The monoisotopic (exact) mass is 478 g/mol. The molecule has 0 aromatic heterocycles. The van der Waals surface area contributed by atoms with Gasteiger partial charge in [0.15, 0.2) is 0 Å². The van der Waals surface area contributed by atoms with Crippen LogP contribution in [0.2, 0.25) is 0 Å². The first-order valence-corrected chi connectivity index (χ1v) is 12.6. The molecule has 0 bridgehead atoms. The van der Waals surface area contributed by atoms with Crippen molar-refractivity contribution in [2.24, 2.45) is 5.92 Å². The molecule has 2 aromatic carbocycles. The predicted octanol–water partition coefficient (Wildman–Crippen LogP) is 4.84. The van der Waals surface area contributed by atoms with Crippen LogP contribution in [0.3, 0.4) is 0 Å². The van der Waals surface area contributed by atoms with Crippen LogP contribution in [0.25, 0.3) is 11.1 Å². The number of amides is 2. The molecule has 2 aromatic rings. The number of unbranched alkanes of at least 4 members (excludes halogenated alkanes) is 1. The second-order valence-electron chi connectivity index (χ2n) is 9.56. The van der Waals surface area contributed by atoms with Crippen LogP contribution in [0.1, 0.15) is 68.9 Å². The lowest BCUT2D eigenvalue weighted by atomic mass is 9.98. The molecule has 7 nitrogen and oxygen atoms in total. The maximum atomic E-state index is 12.9. The van der Waals surface area contributed by atoms with Gasteiger partial charge in [-0.2, -0.15) is 0 Å². The van der Waals surface area contributed by atoms with E-state index in [-0.39, 0.29) is 36.8 Å². The first-order chi connectivity index (χ1) is 17.0. The van der Waals surface area contributed by atoms with Crippen molar-refractivity contribution in [1.82, 2.24) is 10.6 Å². The van der Waals surface area contributed by atoms with Gasteiger partial charge in [-0.3, -0.25) is 9.59 Å². The van der Waals surface area contributed by atoms with E-state index in [0.29, 0.717) is 19.3 Å². The van der Waals surface area contributed by atoms with Gasteiger partial charge in [-0.25, -0.2) is 4.79 Å². The van der Waals surface area contributed by atoms with Crippen molar-refractivity contribution in [3.8, 4) is 11.1 Å². The molecule has 2 aliphatic carbocycles. The predicted molar refractivity (Wildman–Crippen MR) is 133 cm³/mol. The number of rotatable bonds is 10. The quantitative estimate of drug-likeness (QED) is 0.453. The summed E-state index contributed by atoms with van der Waals surface area (Å²) in [5.74, 6) is -1.51. The SMILES string of the molecule is CCCC[C@H](CC(=O)O)NC(=O)[C@@H]1CCC[C@@H]1NC(=O)OCC1c2ccccc2-c2ccccc21. The molecule has 2 amide bonds. The van der Waals surface area contributed by atoms with E-state index in [4.69, 9.17) is 4.74 Å². The number of nitrogens with one attached hydrogen (secondary N) is 2. The van der Waals surface area contributed by atoms with Crippen molar-refractivity contribution in [3.05, 3.63) is 59.7 Å². The van der Waals surface area contributed by atoms with Gasteiger partial charge in [0.2, 0.25) is 5.91 Å². The third-order valence-corrected chi connectivity index (χ3v) is 7.17. The second-order valence-corrected chi connectivity index (χ2v) is 9.56. The van der Waals surface area contributed by atoms with E-state index in [2.05, 4.69) is 34.9 Å². The molecule has 0 unspecified atom stereocenters. The fourth-order valence-electron chi connectivity index (χ4n) is 5.43. The van der Waals surface area contributed by atoms with E-state index < -0.39 is 18.1 Å².